The van der Waals surface area contributed by atoms with Crippen LogP contribution in [0.1, 0.15) is 43.4 Å². The molecule has 7 nitrogen and oxygen atoms in total. The van der Waals surface area contributed by atoms with E-state index in [0.29, 0.717) is 18.0 Å². The summed E-state index contributed by atoms with van der Waals surface area (Å²) >= 11 is 0. The molecule has 3 N–H and O–H groups in total. The second kappa shape index (κ2) is 8.67. The molecule has 1 saturated heterocycles. The first-order valence-corrected chi connectivity index (χ1v) is 10.1. The van der Waals surface area contributed by atoms with E-state index in [9.17, 15) is 14.4 Å². The fourth-order valence-corrected chi connectivity index (χ4v) is 3.58. The molecule has 0 aliphatic carbocycles. The van der Waals surface area contributed by atoms with Gasteiger partial charge in [0, 0.05) is 5.56 Å². The Kier molecular flexibility index (Phi) is 6.22. The zero-order valence-electron chi connectivity index (χ0n) is 17.9. The standard InChI is InChI=1S/C23H28N4O3/c1-16(2)18-12-10-17(11-13-18)14-26(4)15-20(28)25-27-21(29)23(3,24-22(27)30)19-8-6-5-7-9-19/h5-13,16H,14-15H2,1-4H3,(H,24,30)(H,25,28)/p+1/t23-/m0/s1. The minimum atomic E-state index is -1.21. The van der Waals surface area contributed by atoms with E-state index >= 15 is 0 Å². The summed E-state index contributed by atoms with van der Waals surface area (Å²) in [5.41, 5.74) is 4.30. The van der Waals surface area contributed by atoms with Crippen molar-refractivity contribution in [1.29, 1.82) is 0 Å². The van der Waals surface area contributed by atoms with E-state index in [2.05, 4.69) is 48.9 Å². The Bertz CT molecular complexity index is 927. The molecule has 1 heterocycles. The number of carbonyl (C=O) groups excluding carboxylic acids is 3. The number of quaternary nitrogens is 1. The minimum absolute atomic E-state index is 0.130. The average Bonchev–Trinajstić information content (AvgIpc) is 2.93. The summed E-state index contributed by atoms with van der Waals surface area (Å²) in [6, 6.07) is 16.7. The van der Waals surface area contributed by atoms with Crippen LogP contribution in [0.25, 0.3) is 0 Å². The summed E-state index contributed by atoms with van der Waals surface area (Å²) in [6.45, 7) is 6.72. The molecule has 1 aliphatic heterocycles. The van der Waals surface area contributed by atoms with Gasteiger partial charge in [-0.1, -0.05) is 68.4 Å². The van der Waals surface area contributed by atoms with Gasteiger partial charge >= 0.3 is 6.03 Å². The number of nitrogens with zero attached hydrogens (tertiary/aromatic N) is 1. The van der Waals surface area contributed by atoms with Crippen molar-refractivity contribution in [3.05, 3.63) is 71.3 Å². The molecule has 1 unspecified atom stereocenters. The van der Waals surface area contributed by atoms with Crippen molar-refractivity contribution in [3.63, 3.8) is 0 Å². The highest BCUT2D eigenvalue weighted by atomic mass is 16.2. The zero-order chi connectivity index (χ0) is 21.9. The molecule has 0 saturated carbocycles. The second-order valence-electron chi connectivity index (χ2n) is 8.30. The SMILES string of the molecule is CC(C)c1ccc(C[NH+](C)CC(=O)NN2C(=O)N[C@@](C)(c3ccccc3)C2=O)cc1. The molecular weight excluding hydrogens is 380 g/mol. The van der Waals surface area contributed by atoms with Gasteiger partial charge in [-0.15, -0.1) is 0 Å². The van der Waals surface area contributed by atoms with E-state index in [1.54, 1.807) is 31.2 Å². The lowest BCUT2D eigenvalue weighted by atomic mass is 9.92. The molecule has 2 atom stereocenters. The van der Waals surface area contributed by atoms with Gasteiger partial charge in [0.05, 0.1) is 7.05 Å². The summed E-state index contributed by atoms with van der Waals surface area (Å²) < 4.78 is 0. The zero-order valence-corrected chi connectivity index (χ0v) is 17.9. The lowest BCUT2D eigenvalue weighted by Gasteiger charge is -2.22. The van der Waals surface area contributed by atoms with Crippen LogP contribution in [-0.2, 0) is 21.7 Å². The Hall–Kier alpha value is -3.19. The van der Waals surface area contributed by atoms with Crippen LogP contribution in [0.2, 0.25) is 0 Å². The maximum Gasteiger partial charge on any atom is 0.344 e. The van der Waals surface area contributed by atoms with Crippen LogP contribution in [0.4, 0.5) is 4.79 Å². The van der Waals surface area contributed by atoms with E-state index in [1.807, 2.05) is 13.1 Å². The van der Waals surface area contributed by atoms with Crippen molar-refractivity contribution in [1.82, 2.24) is 15.8 Å². The molecule has 0 bridgehead atoms. The summed E-state index contributed by atoms with van der Waals surface area (Å²) in [7, 11) is 1.90. The summed E-state index contributed by atoms with van der Waals surface area (Å²) in [6.07, 6.45) is 0. The Morgan fingerprint density at radius 3 is 2.33 bits per heavy atom. The van der Waals surface area contributed by atoms with Gasteiger partial charge in [0.25, 0.3) is 11.8 Å². The first kappa shape index (κ1) is 21.5. The number of amides is 4. The summed E-state index contributed by atoms with van der Waals surface area (Å²) in [4.78, 5) is 38.6. The highest BCUT2D eigenvalue weighted by molar-refractivity contribution is 6.08. The van der Waals surface area contributed by atoms with Crippen LogP contribution in [0.15, 0.2) is 54.6 Å². The van der Waals surface area contributed by atoms with E-state index in [4.69, 9.17) is 0 Å². The van der Waals surface area contributed by atoms with Crippen molar-refractivity contribution in [2.45, 2.75) is 38.8 Å². The number of imide groups is 1. The van der Waals surface area contributed by atoms with Crippen LogP contribution in [0.3, 0.4) is 0 Å². The fourth-order valence-electron chi connectivity index (χ4n) is 3.58. The van der Waals surface area contributed by atoms with Crippen molar-refractivity contribution in [3.8, 4) is 0 Å². The molecule has 1 fully saturated rings. The largest absolute Gasteiger partial charge is 0.344 e. The van der Waals surface area contributed by atoms with Gasteiger partial charge in [-0.05, 0) is 24.0 Å². The van der Waals surface area contributed by atoms with E-state index in [-0.39, 0.29) is 6.54 Å². The Morgan fingerprint density at radius 1 is 1.10 bits per heavy atom. The van der Waals surface area contributed by atoms with Crippen LogP contribution < -0.4 is 15.6 Å². The predicted octanol–water partition coefficient (Wildman–Crippen LogP) is 1.32. The molecule has 2 aromatic carbocycles. The minimum Gasteiger partial charge on any atom is -0.326 e. The summed E-state index contributed by atoms with van der Waals surface area (Å²) in [5, 5.41) is 3.45. The van der Waals surface area contributed by atoms with Crippen molar-refractivity contribution >= 4 is 17.8 Å². The van der Waals surface area contributed by atoms with Crippen LogP contribution in [0, 0.1) is 0 Å². The predicted molar refractivity (Wildman–Crippen MR) is 113 cm³/mol. The first-order chi connectivity index (χ1) is 14.2. The number of benzene rings is 2. The van der Waals surface area contributed by atoms with Crippen molar-refractivity contribution in [2.24, 2.45) is 0 Å². The molecule has 2 aromatic rings. The molecule has 1 aliphatic rings. The van der Waals surface area contributed by atoms with Crippen LogP contribution >= 0.6 is 0 Å². The Labute approximate surface area is 177 Å². The number of carbonyl (C=O) groups is 3. The highest BCUT2D eigenvalue weighted by Crippen LogP contribution is 2.27. The first-order valence-electron chi connectivity index (χ1n) is 10.1. The normalized spacial score (nSPS) is 19.7. The lowest BCUT2D eigenvalue weighted by molar-refractivity contribution is -0.885. The highest BCUT2D eigenvalue weighted by Gasteiger charge is 2.50. The molecule has 3 rings (SSSR count). The molecule has 30 heavy (non-hydrogen) atoms. The third kappa shape index (κ3) is 4.52. The van der Waals surface area contributed by atoms with E-state index < -0.39 is 23.4 Å². The fraction of sp³-hybridized carbons (Fsp3) is 0.348. The smallest absolute Gasteiger partial charge is 0.326 e. The molecule has 0 radical (unpaired) electrons. The van der Waals surface area contributed by atoms with E-state index in [1.165, 1.54) is 5.56 Å². The molecular formula is C23H29N4O3+. The Morgan fingerprint density at radius 2 is 1.73 bits per heavy atom. The van der Waals surface area contributed by atoms with E-state index in [0.717, 1.165) is 15.5 Å². The van der Waals surface area contributed by atoms with Crippen LogP contribution in [-0.4, -0.2) is 36.4 Å². The van der Waals surface area contributed by atoms with Gasteiger partial charge < -0.3 is 10.2 Å². The topological polar surface area (TPSA) is 82.9 Å². The third-order valence-electron chi connectivity index (χ3n) is 5.39. The van der Waals surface area contributed by atoms with Gasteiger partial charge in [-0.2, -0.15) is 5.01 Å². The number of likely N-dealkylation sites (N-methyl/N-ethyl adjacent to an activating group) is 1. The number of hydrazine groups is 1. The van der Waals surface area contributed by atoms with Crippen molar-refractivity contribution in [2.75, 3.05) is 13.6 Å². The monoisotopic (exact) mass is 409 g/mol. The number of hydrogen-bond donors (Lipinski definition) is 3. The quantitative estimate of drug-likeness (QED) is 0.604. The molecule has 0 spiro atoms. The Balaban J connectivity index is 1.59. The van der Waals surface area contributed by atoms with Crippen LogP contribution in [0.5, 0.6) is 0 Å². The lowest BCUT2D eigenvalue weighted by Crippen LogP contribution is -3.09. The van der Waals surface area contributed by atoms with Gasteiger partial charge in [0.15, 0.2) is 6.54 Å². The summed E-state index contributed by atoms with van der Waals surface area (Å²) in [5.74, 6) is -0.429. The van der Waals surface area contributed by atoms with Gasteiger partial charge in [0.1, 0.15) is 12.1 Å². The molecule has 7 heteroatoms. The molecule has 158 valence electrons. The number of hydrogen-bond acceptors (Lipinski definition) is 3. The average molecular weight is 410 g/mol. The van der Waals surface area contributed by atoms with Crippen molar-refractivity contribution < 1.29 is 19.3 Å². The van der Waals surface area contributed by atoms with Gasteiger partial charge in [-0.25, -0.2) is 4.79 Å². The number of nitrogens with one attached hydrogen (secondary N) is 3. The molecule has 0 aromatic heterocycles. The molecule has 4 amide bonds. The second-order valence-corrected chi connectivity index (χ2v) is 8.30. The van der Waals surface area contributed by atoms with Gasteiger partial charge in [0.2, 0.25) is 0 Å². The third-order valence-corrected chi connectivity index (χ3v) is 5.39. The number of rotatable bonds is 7. The maximum atomic E-state index is 12.9. The van der Waals surface area contributed by atoms with Gasteiger partial charge in [-0.3, -0.25) is 15.0 Å². The maximum absolute atomic E-state index is 12.9. The number of urea groups is 1.